The van der Waals surface area contributed by atoms with Gasteiger partial charge in [-0.05, 0) is 38.4 Å². The molecular formula is C20H41NO5S. The number of ether oxygens (including phenoxy) is 4. The molecule has 0 spiro atoms. The summed E-state index contributed by atoms with van der Waals surface area (Å²) in [7, 11) is 0. The number of hydrogen-bond acceptors (Lipinski definition) is 6. The van der Waals surface area contributed by atoms with Gasteiger partial charge in [-0.25, -0.2) is 0 Å². The number of thioether (sulfide) groups is 1. The highest BCUT2D eigenvalue weighted by Gasteiger charge is 2.25. The molecule has 0 saturated heterocycles. The molecule has 6 nitrogen and oxygen atoms in total. The van der Waals surface area contributed by atoms with Crippen molar-refractivity contribution < 1.29 is 23.7 Å². The first-order chi connectivity index (χ1) is 12.7. The van der Waals surface area contributed by atoms with Gasteiger partial charge < -0.3 is 24.3 Å². The highest BCUT2D eigenvalue weighted by molar-refractivity contribution is 8.00. The normalized spacial score (nSPS) is 12.4. The predicted molar refractivity (Wildman–Crippen MR) is 113 cm³/mol. The zero-order valence-electron chi connectivity index (χ0n) is 18.2. The molecule has 0 heterocycles. The van der Waals surface area contributed by atoms with Gasteiger partial charge in [0.15, 0.2) is 0 Å². The summed E-state index contributed by atoms with van der Waals surface area (Å²) in [5.74, 6) is 0.0326. The summed E-state index contributed by atoms with van der Waals surface area (Å²) in [6, 6.07) is 0. The maximum Gasteiger partial charge on any atom is 0.235 e. The molecule has 0 aliphatic rings. The molecule has 27 heavy (non-hydrogen) atoms. The summed E-state index contributed by atoms with van der Waals surface area (Å²) in [6.45, 7) is 15.7. The van der Waals surface area contributed by atoms with E-state index < -0.39 is 4.75 Å². The molecule has 0 rings (SSSR count). The van der Waals surface area contributed by atoms with E-state index in [2.05, 4.69) is 26.1 Å². The van der Waals surface area contributed by atoms with Crippen LogP contribution in [0.15, 0.2) is 0 Å². The smallest absolute Gasteiger partial charge is 0.235 e. The summed E-state index contributed by atoms with van der Waals surface area (Å²) in [5, 5.41) is 2.87. The average molecular weight is 408 g/mol. The van der Waals surface area contributed by atoms with Crippen molar-refractivity contribution in [3.63, 3.8) is 0 Å². The van der Waals surface area contributed by atoms with Crippen LogP contribution < -0.4 is 5.32 Å². The average Bonchev–Trinajstić information content (AvgIpc) is 2.60. The van der Waals surface area contributed by atoms with Crippen molar-refractivity contribution >= 4 is 17.7 Å². The van der Waals surface area contributed by atoms with Crippen molar-refractivity contribution in [2.45, 2.75) is 52.2 Å². The highest BCUT2D eigenvalue weighted by Crippen LogP contribution is 2.21. The number of hydrogen-bond donors (Lipinski definition) is 1. The lowest BCUT2D eigenvalue weighted by Crippen LogP contribution is -2.41. The molecule has 7 heteroatoms. The fourth-order valence-electron chi connectivity index (χ4n) is 2.01. The van der Waals surface area contributed by atoms with Crippen molar-refractivity contribution in [3.8, 4) is 0 Å². The van der Waals surface area contributed by atoms with E-state index in [-0.39, 0.29) is 5.91 Å². The summed E-state index contributed by atoms with van der Waals surface area (Å²) in [6.07, 6.45) is 4.19. The standard InChI is InChI=1S/C20H41NO5S/c1-19(2,3)8-7-10-23-12-14-25-16-17-26-15-13-24-11-9-21-18(22)20(4,5)27-6/h7-17H2,1-6H3,(H,21,22). The van der Waals surface area contributed by atoms with Crippen LogP contribution in [-0.4, -0.2) is 76.3 Å². The lowest BCUT2D eigenvalue weighted by Gasteiger charge is -2.20. The van der Waals surface area contributed by atoms with Gasteiger partial charge in [0, 0.05) is 13.2 Å². The van der Waals surface area contributed by atoms with Crippen molar-refractivity contribution in [2.24, 2.45) is 5.41 Å². The Morgan fingerprint density at radius 1 is 0.778 bits per heavy atom. The SMILES string of the molecule is CSC(C)(C)C(=O)NCCOCCOCCOCCOCCCC(C)(C)C. The Balaban J connectivity index is 3.23. The van der Waals surface area contributed by atoms with Gasteiger partial charge in [0.1, 0.15) is 0 Å². The minimum Gasteiger partial charge on any atom is -0.379 e. The molecule has 0 atom stereocenters. The number of carbonyl (C=O) groups excluding carboxylic acids is 1. The third kappa shape index (κ3) is 17.5. The molecule has 0 radical (unpaired) electrons. The van der Waals surface area contributed by atoms with Crippen LogP contribution in [0.25, 0.3) is 0 Å². The molecule has 162 valence electrons. The number of rotatable bonds is 17. The monoisotopic (exact) mass is 407 g/mol. The molecule has 0 bridgehead atoms. The van der Waals surface area contributed by atoms with Gasteiger partial charge in [-0.2, -0.15) is 0 Å². The minimum atomic E-state index is -0.402. The molecular weight excluding hydrogens is 366 g/mol. The molecule has 0 aliphatic heterocycles. The van der Waals surface area contributed by atoms with Crippen molar-refractivity contribution in [2.75, 3.05) is 65.7 Å². The molecule has 0 aromatic carbocycles. The third-order valence-electron chi connectivity index (χ3n) is 3.92. The number of amides is 1. The second kappa shape index (κ2) is 15.6. The summed E-state index contributed by atoms with van der Waals surface area (Å²) in [4.78, 5) is 11.8. The van der Waals surface area contributed by atoms with E-state index >= 15 is 0 Å². The molecule has 1 N–H and O–H groups in total. The first-order valence-corrected chi connectivity index (χ1v) is 11.1. The van der Waals surface area contributed by atoms with Crippen LogP contribution in [0.1, 0.15) is 47.5 Å². The van der Waals surface area contributed by atoms with Gasteiger partial charge in [-0.15, -0.1) is 11.8 Å². The maximum atomic E-state index is 11.8. The van der Waals surface area contributed by atoms with Crippen LogP contribution in [0.2, 0.25) is 0 Å². The minimum absolute atomic E-state index is 0.0326. The van der Waals surface area contributed by atoms with Crippen LogP contribution in [0.3, 0.4) is 0 Å². The van der Waals surface area contributed by atoms with E-state index in [1.165, 1.54) is 18.2 Å². The van der Waals surface area contributed by atoms with Gasteiger partial charge in [0.25, 0.3) is 0 Å². The van der Waals surface area contributed by atoms with Crippen LogP contribution in [-0.2, 0) is 23.7 Å². The van der Waals surface area contributed by atoms with Crippen LogP contribution in [0, 0.1) is 5.41 Å². The largest absolute Gasteiger partial charge is 0.379 e. The lowest BCUT2D eigenvalue weighted by atomic mass is 9.91. The maximum absolute atomic E-state index is 11.8. The van der Waals surface area contributed by atoms with E-state index in [1.54, 1.807) is 0 Å². The summed E-state index contributed by atoms with van der Waals surface area (Å²) >= 11 is 1.53. The van der Waals surface area contributed by atoms with Gasteiger partial charge in [-0.3, -0.25) is 4.79 Å². The second-order valence-electron chi connectivity index (χ2n) is 8.08. The molecule has 0 aliphatic carbocycles. The van der Waals surface area contributed by atoms with E-state index in [0.717, 1.165) is 13.0 Å². The third-order valence-corrected chi connectivity index (χ3v) is 5.13. The molecule has 0 saturated carbocycles. The zero-order chi connectivity index (χ0) is 20.6. The van der Waals surface area contributed by atoms with Gasteiger partial charge in [0.2, 0.25) is 5.91 Å². The van der Waals surface area contributed by atoms with Crippen molar-refractivity contribution in [3.05, 3.63) is 0 Å². The molecule has 0 aromatic heterocycles. The van der Waals surface area contributed by atoms with Gasteiger partial charge in [0.05, 0.1) is 51.0 Å². The fourth-order valence-corrected chi connectivity index (χ4v) is 2.27. The van der Waals surface area contributed by atoms with Gasteiger partial charge in [-0.1, -0.05) is 20.8 Å². The number of nitrogens with one attached hydrogen (secondary N) is 1. The van der Waals surface area contributed by atoms with Crippen molar-refractivity contribution in [1.29, 1.82) is 0 Å². The Morgan fingerprint density at radius 2 is 1.22 bits per heavy atom. The van der Waals surface area contributed by atoms with Crippen molar-refractivity contribution in [1.82, 2.24) is 5.32 Å². The summed E-state index contributed by atoms with van der Waals surface area (Å²) in [5.41, 5.74) is 0.375. The van der Waals surface area contributed by atoms with Crippen LogP contribution >= 0.6 is 11.8 Å². The lowest BCUT2D eigenvalue weighted by molar-refractivity contribution is -0.122. The van der Waals surface area contributed by atoms with E-state index in [0.29, 0.717) is 58.2 Å². The Hall–Kier alpha value is -0.340. The Bertz CT molecular complexity index is 372. The zero-order valence-corrected chi connectivity index (χ0v) is 19.0. The van der Waals surface area contributed by atoms with E-state index in [9.17, 15) is 4.79 Å². The predicted octanol–water partition coefficient (Wildman–Crippen LogP) is 3.14. The molecule has 0 aromatic rings. The topological polar surface area (TPSA) is 66.0 Å². The molecule has 1 amide bonds. The quantitative estimate of drug-likeness (QED) is 0.374. The number of carbonyl (C=O) groups is 1. The molecule has 0 fully saturated rings. The Kier molecular flexibility index (Phi) is 15.4. The van der Waals surface area contributed by atoms with E-state index in [1.807, 2.05) is 20.1 Å². The molecule has 0 unspecified atom stereocenters. The highest BCUT2D eigenvalue weighted by atomic mass is 32.2. The van der Waals surface area contributed by atoms with E-state index in [4.69, 9.17) is 18.9 Å². The van der Waals surface area contributed by atoms with Gasteiger partial charge >= 0.3 is 0 Å². The second-order valence-corrected chi connectivity index (χ2v) is 9.51. The first-order valence-electron chi connectivity index (χ1n) is 9.83. The Labute approximate surface area is 170 Å². The van der Waals surface area contributed by atoms with Crippen LogP contribution in [0.4, 0.5) is 0 Å². The van der Waals surface area contributed by atoms with Crippen LogP contribution in [0.5, 0.6) is 0 Å². The Morgan fingerprint density at radius 3 is 1.67 bits per heavy atom. The fraction of sp³-hybridized carbons (Fsp3) is 0.950. The first kappa shape index (κ1) is 26.7. The summed E-state index contributed by atoms with van der Waals surface area (Å²) < 4.78 is 21.5.